The standard InChI is InChI=1S/C16H21FN2O2/c1-3-12(6-7-20)19-16(21)9-13-10(2)18-15-5-4-11(17)8-14(13)15/h4-5,8,12,18,20H,3,6-7,9H2,1-2H3,(H,19,21). The van der Waals surface area contributed by atoms with Crippen molar-refractivity contribution < 1.29 is 14.3 Å². The zero-order valence-corrected chi connectivity index (χ0v) is 12.4. The van der Waals surface area contributed by atoms with Gasteiger partial charge in [0, 0.05) is 29.2 Å². The summed E-state index contributed by atoms with van der Waals surface area (Å²) in [6, 6.07) is 4.51. The molecule has 0 saturated carbocycles. The highest BCUT2D eigenvalue weighted by atomic mass is 19.1. The Balaban J connectivity index is 2.17. The normalized spacial score (nSPS) is 12.6. The van der Waals surface area contributed by atoms with Gasteiger partial charge in [0.25, 0.3) is 0 Å². The van der Waals surface area contributed by atoms with E-state index < -0.39 is 0 Å². The lowest BCUT2D eigenvalue weighted by Crippen LogP contribution is -2.36. The number of aliphatic hydroxyl groups is 1. The van der Waals surface area contributed by atoms with Crippen molar-refractivity contribution in [3.63, 3.8) is 0 Å². The number of rotatable bonds is 6. The minimum absolute atomic E-state index is 0.0234. The number of amides is 1. The van der Waals surface area contributed by atoms with Crippen LogP contribution in [0.5, 0.6) is 0 Å². The quantitative estimate of drug-likeness (QED) is 0.765. The van der Waals surface area contributed by atoms with Crippen LogP contribution in [-0.2, 0) is 11.2 Å². The zero-order valence-electron chi connectivity index (χ0n) is 12.4. The molecule has 3 N–H and O–H groups in total. The molecule has 1 atom stereocenters. The van der Waals surface area contributed by atoms with Crippen LogP contribution in [0.2, 0.25) is 0 Å². The minimum Gasteiger partial charge on any atom is -0.396 e. The van der Waals surface area contributed by atoms with Gasteiger partial charge < -0.3 is 15.4 Å². The SMILES string of the molecule is CCC(CCO)NC(=O)Cc1c(C)[nH]c2ccc(F)cc12. The molecule has 1 aromatic carbocycles. The van der Waals surface area contributed by atoms with Crippen molar-refractivity contribution in [3.8, 4) is 0 Å². The van der Waals surface area contributed by atoms with Gasteiger partial charge in [-0.15, -0.1) is 0 Å². The molecule has 0 spiro atoms. The third-order valence-electron chi connectivity index (χ3n) is 3.75. The van der Waals surface area contributed by atoms with Gasteiger partial charge in [-0.25, -0.2) is 4.39 Å². The first-order valence-electron chi connectivity index (χ1n) is 7.22. The maximum atomic E-state index is 13.4. The number of hydrogen-bond acceptors (Lipinski definition) is 2. The number of aryl methyl sites for hydroxylation is 1. The summed E-state index contributed by atoms with van der Waals surface area (Å²) in [5.74, 6) is -0.418. The molecule has 0 aliphatic rings. The number of hydrogen-bond donors (Lipinski definition) is 3. The second-order valence-corrected chi connectivity index (χ2v) is 5.28. The van der Waals surface area contributed by atoms with E-state index in [1.807, 2.05) is 13.8 Å². The van der Waals surface area contributed by atoms with E-state index in [4.69, 9.17) is 5.11 Å². The molecule has 0 fully saturated rings. The third-order valence-corrected chi connectivity index (χ3v) is 3.75. The molecule has 4 nitrogen and oxygen atoms in total. The Labute approximate surface area is 123 Å². The molecule has 0 saturated heterocycles. The van der Waals surface area contributed by atoms with Gasteiger partial charge in [-0.1, -0.05) is 6.92 Å². The lowest BCUT2D eigenvalue weighted by atomic mass is 10.1. The highest BCUT2D eigenvalue weighted by molar-refractivity contribution is 5.90. The van der Waals surface area contributed by atoms with Crippen molar-refractivity contribution in [3.05, 3.63) is 35.3 Å². The van der Waals surface area contributed by atoms with Crippen LogP contribution in [0.3, 0.4) is 0 Å². The summed E-state index contributed by atoms with van der Waals surface area (Å²) >= 11 is 0. The van der Waals surface area contributed by atoms with Crippen LogP contribution in [0.15, 0.2) is 18.2 Å². The number of H-pyrrole nitrogens is 1. The maximum absolute atomic E-state index is 13.4. The summed E-state index contributed by atoms with van der Waals surface area (Å²) < 4.78 is 13.4. The van der Waals surface area contributed by atoms with Crippen LogP contribution in [0.4, 0.5) is 4.39 Å². The third kappa shape index (κ3) is 3.61. The van der Waals surface area contributed by atoms with Gasteiger partial charge in [-0.2, -0.15) is 0 Å². The number of halogens is 1. The summed E-state index contributed by atoms with van der Waals surface area (Å²) in [4.78, 5) is 15.3. The van der Waals surface area contributed by atoms with E-state index in [0.29, 0.717) is 6.42 Å². The lowest BCUT2D eigenvalue weighted by molar-refractivity contribution is -0.121. The molecule has 0 bridgehead atoms. The van der Waals surface area contributed by atoms with Crippen LogP contribution in [0.1, 0.15) is 31.0 Å². The minimum atomic E-state index is -0.310. The molecule has 0 radical (unpaired) electrons. The first-order valence-corrected chi connectivity index (χ1v) is 7.22. The number of aromatic nitrogens is 1. The van der Waals surface area contributed by atoms with Crippen LogP contribution >= 0.6 is 0 Å². The van der Waals surface area contributed by atoms with E-state index in [1.54, 1.807) is 6.07 Å². The van der Waals surface area contributed by atoms with E-state index in [-0.39, 0.29) is 30.8 Å². The van der Waals surface area contributed by atoms with Crippen LogP contribution in [-0.4, -0.2) is 28.6 Å². The van der Waals surface area contributed by atoms with Crippen LogP contribution in [0, 0.1) is 12.7 Å². The predicted octanol–water partition coefficient (Wildman–Crippen LogP) is 2.44. The van der Waals surface area contributed by atoms with Gasteiger partial charge in [-0.05, 0) is 43.5 Å². The summed E-state index contributed by atoms with van der Waals surface area (Å²) in [5, 5.41) is 12.6. The number of carbonyl (C=O) groups is 1. The van der Waals surface area contributed by atoms with Gasteiger partial charge in [-0.3, -0.25) is 4.79 Å². The van der Waals surface area contributed by atoms with Gasteiger partial charge in [0.1, 0.15) is 5.82 Å². The van der Waals surface area contributed by atoms with E-state index >= 15 is 0 Å². The Kier molecular flexibility index (Phi) is 4.96. The predicted molar refractivity (Wildman–Crippen MR) is 80.6 cm³/mol. The molecule has 0 aliphatic heterocycles. The summed E-state index contributed by atoms with van der Waals surface area (Å²) in [7, 11) is 0. The highest BCUT2D eigenvalue weighted by Gasteiger charge is 2.15. The van der Waals surface area contributed by atoms with Gasteiger partial charge in [0.2, 0.25) is 5.91 Å². The summed E-state index contributed by atoms with van der Waals surface area (Å²) in [5.41, 5.74) is 2.53. The number of fused-ring (bicyclic) bond motifs is 1. The average molecular weight is 292 g/mol. The highest BCUT2D eigenvalue weighted by Crippen LogP contribution is 2.23. The van der Waals surface area contributed by atoms with Crippen molar-refractivity contribution in [1.82, 2.24) is 10.3 Å². The van der Waals surface area contributed by atoms with E-state index in [1.165, 1.54) is 12.1 Å². The molecule has 21 heavy (non-hydrogen) atoms. The first kappa shape index (κ1) is 15.5. The van der Waals surface area contributed by atoms with E-state index in [2.05, 4.69) is 10.3 Å². The number of carbonyl (C=O) groups excluding carboxylic acids is 1. The van der Waals surface area contributed by atoms with Crippen molar-refractivity contribution in [2.45, 2.75) is 39.2 Å². The van der Waals surface area contributed by atoms with Crippen molar-refractivity contribution >= 4 is 16.8 Å². The Hall–Kier alpha value is -1.88. The Morgan fingerprint density at radius 3 is 2.90 bits per heavy atom. The van der Waals surface area contributed by atoms with Gasteiger partial charge in [0.15, 0.2) is 0 Å². The van der Waals surface area contributed by atoms with Gasteiger partial charge in [0.05, 0.1) is 6.42 Å². The summed E-state index contributed by atoms with van der Waals surface area (Å²) in [6.45, 7) is 3.90. The second-order valence-electron chi connectivity index (χ2n) is 5.28. The number of aromatic amines is 1. The summed E-state index contributed by atoms with van der Waals surface area (Å²) in [6.07, 6.45) is 1.52. The molecule has 1 amide bonds. The number of aliphatic hydroxyl groups excluding tert-OH is 1. The molecule has 1 aromatic heterocycles. The largest absolute Gasteiger partial charge is 0.396 e. The Morgan fingerprint density at radius 1 is 1.48 bits per heavy atom. The van der Waals surface area contributed by atoms with Crippen molar-refractivity contribution in [1.29, 1.82) is 0 Å². The topological polar surface area (TPSA) is 65.1 Å². The Morgan fingerprint density at radius 2 is 2.24 bits per heavy atom. The molecule has 2 aromatic rings. The average Bonchev–Trinajstić information content (AvgIpc) is 2.74. The molecule has 2 rings (SSSR count). The molecule has 0 aliphatic carbocycles. The molecule has 114 valence electrons. The maximum Gasteiger partial charge on any atom is 0.224 e. The van der Waals surface area contributed by atoms with Crippen molar-refractivity contribution in [2.24, 2.45) is 0 Å². The van der Waals surface area contributed by atoms with Crippen LogP contribution < -0.4 is 5.32 Å². The zero-order chi connectivity index (χ0) is 15.4. The van der Waals surface area contributed by atoms with Gasteiger partial charge >= 0.3 is 0 Å². The molecule has 5 heteroatoms. The molecule has 1 heterocycles. The monoisotopic (exact) mass is 292 g/mol. The fourth-order valence-corrected chi connectivity index (χ4v) is 2.56. The number of nitrogens with one attached hydrogen (secondary N) is 2. The molecule has 1 unspecified atom stereocenters. The fraction of sp³-hybridized carbons (Fsp3) is 0.438. The molecular formula is C16H21FN2O2. The second kappa shape index (κ2) is 6.72. The smallest absolute Gasteiger partial charge is 0.224 e. The van der Waals surface area contributed by atoms with E-state index in [9.17, 15) is 9.18 Å². The first-order chi connectivity index (χ1) is 10.0. The number of benzene rings is 1. The van der Waals surface area contributed by atoms with E-state index in [0.717, 1.165) is 28.6 Å². The van der Waals surface area contributed by atoms with Crippen molar-refractivity contribution in [2.75, 3.05) is 6.61 Å². The van der Waals surface area contributed by atoms with Crippen LogP contribution in [0.25, 0.3) is 10.9 Å². The molecular weight excluding hydrogens is 271 g/mol. The fourth-order valence-electron chi connectivity index (χ4n) is 2.56. The lowest BCUT2D eigenvalue weighted by Gasteiger charge is -2.15. The Bertz CT molecular complexity index is 636.